The van der Waals surface area contributed by atoms with E-state index in [1.807, 2.05) is 43.3 Å². The van der Waals surface area contributed by atoms with Crippen molar-refractivity contribution in [2.24, 2.45) is 0 Å². The standard InChI is InChI=1S/C17H18N2O2/c1-12-7-8-15(18-11-12)19-16(20)17(9-10-17)13-5-3-4-6-14(13)21-2/h3-8,11H,9-10H2,1-2H3,(H,18,19,20). The predicted octanol–water partition coefficient (Wildman–Crippen LogP) is 3.07. The number of para-hydroxylation sites is 1. The van der Waals surface area contributed by atoms with Crippen LogP contribution in [0.15, 0.2) is 42.6 Å². The lowest BCUT2D eigenvalue weighted by Crippen LogP contribution is -2.28. The Labute approximate surface area is 124 Å². The molecule has 1 aromatic heterocycles. The van der Waals surface area contributed by atoms with E-state index in [0.29, 0.717) is 5.82 Å². The second-order valence-electron chi connectivity index (χ2n) is 5.46. The molecule has 0 bridgehead atoms. The largest absolute Gasteiger partial charge is 0.496 e. The summed E-state index contributed by atoms with van der Waals surface area (Å²) in [4.78, 5) is 16.9. The fourth-order valence-electron chi connectivity index (χ4n) is 2.56. The third-order valence-corrected chi connectivity index (χ3v) is 3.96. The van der Waals surface area contributed by atoms with E-state index in [9.17, 15) is 4.79 Å². The molecule has 1 N–H and O–H groups in total. The highest BCUT2D eigenvalue weighted by molar-refractivity contribution is 6.01. The number of pyridine rings is 1. The third-order valence-electron chi connectivity index (χ3n) is 3.96. The summed E-state index contributed by atoms with van der Waals surface area (Å²) < 4.78 is 5.39. The van der Waals surface area contributed by atoms with Crippen molar-refractivity contribution in [1.29, 1.82) is 0 Å². The highest BCUT2D eigenvalue weighted by Gasteiger charge is 2.52. The zero-order valence-corrected chi connectivity index (χ0v) is 12.2. The molecule has 1 amide bonds. The molecule has 1 fully saturated rings. The molecule has 0 unspecified atom stereocenters. The van der Waals surface area contributed by atoms with Gasteiger partial charge in [-0.1, -0.05) is 24.3 Å². The molecule has 21 heavy (non-hydrogen) atoms. The Balaban J connectivity index is 1.85. The number of hydrogen-bond acceptors (Lipinski definition) is 3. The Hall–Kier alpha value is -2.36. The minimum atomic E-state index is -0.473. The molecule has 0 spiro atoms. The van der Waals surface area contributed by atoms with Crippen molar-refractivity contribution in [3.05, 3.63) is 53.7 Å². The summed E-state index contributed by atoms with van der Waals surface area (Å²) >= 11 is 0. The summed E-state index contributed by atoms with van der Waals surface area (Å²) in [5.41, 5.74) is 1.55. The molecule has 1 aliphatic rings. The van der Waals surface area contributed by atoms with Crippen LogP contribution in [-0.2, 0) is 10.2 Å². The first-order chi connectivity index (χ1) is 10.2. The van der Waals surface area contributed by atoms with Crippen molar-refractivity contribution in [3.63, 3.8) is 0 Å². The molecule has 3 rings (SSSR count). The third kappa shape index (κ3) is 2.49. The van der Waals surface area contributed by atoms with E-state index in [1.165, 1.54) is 0 Å². The van der Waals surface area contributed by atoms with E-state index in [-0.39, 0.29) is 5.91 Å². The number of hydrogen-bond donors (Lipinski definition) is 1. The maximum atomic E-state index is 12.6. The van der Waals surface area contributed by atoms with Crippen molar-refractivity contribution in [1.82, 2.24) is 4.98 Å². The van der Waals surface area contributed by atoms with E-state index in [1.54, 1.807) is 13.3 Å². The number of nitrogens with one attached hydrogen (secondary N) is 1. The molecule has 2 aromatic rings. The van der Waals surface area contributed by atoms with Gasteiger partial charge in [-0.05, 0) is 37.5 Å². The summed E-state index contributed by atoms with van der Waals surface area (Å²) in [7, 11) is 1.63. The van der Waals surface area contributed by atoms with Crippen LogP contribution in [0.25, 0.3) is 0 Å². The van der Waals surface area contributed by atoms with Crippen LogP contribution < -0.4 is 10.1 Å². The smallest absolute Gasteiger partial charge is 0.236 e. The summed E-state index contributed by atoms with van der Waals surface area (Å²) in [6.07, 6.45) is 3.43. The van der Waals surface area contributed by atoms with Gasteiger partial charge in [0.15, 0.2) is 0 Å². The Morgan fingerprint density at radius 1 is 1.24 bits per heavy atom. The number of rotatable bonds is 4. The first kappa shape index (κ1) is 13.6. The summed E-state index contributed by atoms with van der Waals surface area (Å²) in [5, 5.41) is 2.92. The Morgan fingerprint density at radius 3 is 2.62 bits per heavy atom. The van der Waals surface area contributed by atoms with Gasteiger partial charge in [0.1, 0.15) is 11.6 Å². The second kappa shape index (κ2) is 5.20. The lowest BCUT2D eigenvalue weighted by atomic mass is 9.94. The van der Waals surface area contributed by atoms with Crippen LogP contribution >= 0.6 is 0 Å². The van der Waals surface area contributed by atoms with Gasteiger partial charge in [-0.25, -0.2) is 4.98 Å². The molecule has 0 aliphatic heterocycles. The lowest BCUT2D eigenvalue weighted by Gasteiger charge is -2.18. The van der Waals surface area contributed by atoms with E-state index in [2.05, 4.69) is 10.3 Å². The Kier molecular flexibility index (Phi) is 3.37. The number of anilines is 1. The van der Waals surface area contributed by atoms with Crippen LogP contribution in [0.4, 0.5) is 5.82 Å². The van der Waals surface area contributed by atoms with Gasteiger partial charge in [0, 0.05) is 11.8 Å². The molecule has 4 heteroatoms. The summed E-state index contributed by atoms with van der Waals surface area (Å²) in [6.45, 7) is 1.97. The molecular weight excluding hydrogens is 264 g/mol. The maximum absolute atomic E-state index is 12.6. The van der Waals surface area contributed by atoms with Crippen molar-refractivity contribution >= 4 is 11.7 Å². The molecule has 1 saturated carbocycles. The van der Waals surface area contributed by atoms with Crippen LogP contribution in [0.5, 0.6) is 5.75 Å². The zero-order valence-electron chi connectivity index (χ0n) is 12.2. The SMILES string of the molecule is COc1ccccc1C1(C(=O)Nc2ccc(C)cn2)CC1. The average molecular weight is 282 g/mol. The second-order valence-corrected chi connectivity index (χ2v) is 5.46. The van der Waals surface area contributed by atoms with E-state index in [4.69, 9.17) is 4.74 Å². The van der Waals surface area contributed by atoms with E-state index >= 15 is 0 Å². The molecule has 4 nitrogen and oxygen atoms in total. The monoisotopic (exact) mass is 282 g/mol. The number of amides is 1. The number of aryl methyl sites for hydroxylation is 1. The summed E-state index contributed by atoms with van der Waals surface area (Å²) in [6, 6.07) is 11.5. The number of aromatic nitrogens is 1. The lowest BCUT2D eigenvalue weighted by molar-refractivity contribution is -0.118. The Bertz CT molecular complexity index is 661. The van der Waals surface area contributed by atoms with Gasteiger partial charge in [-0.15, -0.1) is 0 Å². The number of methoxy groups -OCH3 is 1. The zero-order chi connectivity index (χ0) is 14.9. The number of benzene rings is 1. The van der Waals surface area contributed by atoms with Crippen molar-refractivity contribution in [2.75, 3.05) is 12.4 Å². The average Bonchev–Trinajstić information content (AvgIpc) is 3.31. The van der Waals surface area contributed by atoms with Gasteiger partial charge in [0.2, 0.25) is 5.91 Å². The van der Waals surface area contributed by atoms with Gasteiger partial charge in [0.25, 0.3) is 0 Å². The van der Waals surface area contributed by atoms with Gasteiger partial charge in [0.05, 0.1) is 12.5 Å². The predicted molar refractivity (Wildman–Crippen MR) is 81.5 cm³/mol. The molecule has 1 aromatic carbocycles. The minimum absolute atomic E-state index is 0.0108. The van der Waals surface area contributed by atoms with Crippen molar-refractivity contribution in [2.45, 2.75) is 25.2 Å². The van der Waals surface area contributed by atoms with Crippen LogP contribution in [0.2, 0.25) is 0 Å². The molecule has 0 radical (unpaired) electrons. The van der Waals surface area contributed by atoms with Gasteiger partial charge in [-0.3, -0.25) is 4.79 Å². The van der Waals surface area contributed by atoms with Gasteiger partial charge >= 0.3 is 0 Å². The van der Waals surface area contributed by atoms with Crippen molar-refractivity contribution < 1.29 is 9.53 Å². The Morgan fingerprint density at radius 2 is 2.00 bits per heavy atom. The number of nitrogens with zero attached hydrogens (tertiary/aromatic N) is 1. The normalized spacial score (nSPS) is 15.3. The van der Waals surface area contributed by atoms with Crippen LogP contribution in [-0.4, -0.2) is 18.0 Å². The molecule has 1 aliphatic carbocycles. The maximum Gasteiger partial charge on any atom is 0.236 e. The number of ether oxygens (including phenoxy) is 1. The summed E-state index contributed by atoms with van der Waals surface area (Å²) in [5.74, 6) is 1.34. The molecule has 108 valence electrons. The van der Waals surface area contributed by atoms with E-state index < -0.39 is 5.41 Å². The highest BCUT2D eigenvalue weighted by atomic mass is 16.5. The van der Waals surface area contributed by atoms with Crippen LogP contribution in [0, 0.1) is 6.92 Å². The first-order valence-electron chi connectivity index (χ1n) is 7.03. The fraction of sp³-hybridized carbons (Fsp3) is 0.294. The molecule has 0 saturated heterocycles. The first-order valence-corrected chi connectivity index (χ1v) is 7.03. The number of carbonyl (C=O) groups excluding carboxylic acids is 1. The van der Waals surface area contributed by atoms with Crippen molar-refractivity contribution in [3.8, 4) is 5.75 Å². The van der Waals surface area contributed by atoms with Gasteiger partial charge in [-0.2, -0.15) is 0 Å². The molecule has 0 atom stereocenters. The fourth-order valence-corrected chi connectivity index (χ4v) is 2.56. The van der Waals surface area contributed by atoms with Crippen LogP contribution in [0.3, 0.4) is 0 Å². The molecule has 1 heterocycles. The number of carbonyl (C=O) groups is 1. The van der Waals surface area contributed by atoms with E-state index in [0.717, 1.165) is 29.7 Å². The minimum Gasteiger partial charge on any atom is -0.496 e. The van der Waals surface area contributed by atoms with Gasteiger partial charge < -0.3 is 10.1 Å². The topological polar surface area (TPSA) is 51.2 Å². The molecular formula is C17H18N2O2. The van der Waals surface area contributed by atoms with Crippen LogP contribution in [0.1, 0.15) is 24.0 Å². The highest BCUT2D eigenvalue weighted by Crippen LogP contribution is 2.51. The quantitative estimate of drug-likeness (QED) is 0.937.